The number of hydrogen-bond donors (Lipinski definition) is 4. The third-order valence-corrected chi connectivity index (χ3v) is 1.85. The lowest BCUT2D eigenvalue weighted by molar-refractivity contribution is -0.137. The van der Waals surface area contributed by atoms with Gasteiger partial charge in [-0.1, -0.05) is 0 Å². The van der Waals surface area contributed by atoms with Gasteiger partial charge in [-0.25, -0.2) is 4.79 Å². The number of likely N-dealkylation sites (N-methyl/N-ethyl adjacent to an activating group) is 1. The molecule has 0 saturated heterocycles. The first kappa shape index (κ1) is 14.2. The van der Waals surface area contributed by atoms with E-state index in [0.29, 0.717) is 0 Å². The molecule has 0 bridgehead atoms. The number of aliphatic carboxylic acids is 1. The molecule has 0 aromatic carbocycles. The number of rotatable bonds is 5. The Bertz CT molecular complexity index is 280. The first-order valence-corrected chi connectivity index (χ1v) is 4.87. The minimum absolute atomic E-state index is 0.165. The first-order valence-electron chi connectivity index (χ1n) is 4.87. The highest BCUT2D eigenvalue weighted by Gasteiger charge is 2.16. The molecule has 2 atom stereocenters. The first-order chi connectivity index (χ1) is 7.36. The predicted molar refractivity (Wildman–Crippen MR) is 56.9 cm³/mol. The molecule has 0 fully saturated rings. The second-order valence-corrected chi connectivity index (χ2v) is 3.45. The van der Waals surface area contributed by atoms with E-state index < -0.39 is 24.1 Å². The van der Waals surface area contributed by atoms with Crippen molar-refractivity contribution >= 4 is 17.9 Å². The highest BCUT2D eigenvalue weighted by atomic mass is 16.4. The number of amides is 3. The maximum absolute atomic E-state index is 11.3. The summed E-state index contributed by atoms with van der Waals surface area (Å²) in [7, 11) is 1.46. The fourth-order valence-corrected chi connectivity index (χ4v) is 1.06. The molecule has 4 N–H and O–H groups in total. The number of nitrogens with one attached hydrogen (secondary N) is 3. The van der Waals surface area contributed by atoms with Crippen LogP contribution in [0.3, 0.4) is 0 Å². The zero-order valence-corrected chi connectivity index (χ0v) is 9.53. The Hall–Kier alpha value is -1.79. The maximum atomic E-state index is 11.3. The number of urea groups is 1. The van der Waals surface area contributed by atoms with Gasteiger partial charge in [0.25, 0.3) is 0 Å². The van der Waals surface area contributed by atoms with Crippen molar-refractivity contribution in [2.24, 2.45) is 0 Å². The van der Waals surface area contributed by atoms with E-state index in [2.05, 4.69) is 16.0 Å². The fraction of sp³-hybridized carbons (Fsp3) is 0.667. The summed E-state index contributed by atoms with van der Waals surface area (Å²) in [6, 6.07) is -1.72. The summed E-state index contributed by atoms with van der Waals surface area (Å²) in [5, 5.41) is 15.6. The highest BCUT2D eigenvalue weighted by Crippen LogP contribution is 1.90. The van der Waals surface area contributed by atoms with Gasteiger partial charge in [-0.05, 0) is 13.8 Å². The van der Waals surface area contributed by atoms with E-state index in [-0.39, 0.29) is 12.3 Å². The summed E-state index contributed by atoms with van der Waals surface area (Å²) in [4.78, 5) is 32.7. The molecule has 92 valence electrons. The summed E-state index contributed by atoms with van der Waals surface area (Å²) in [5.41, 5.74) is 0. The van der Waals surface area contributed by atoms with Crippen LogP contribution in [0.2, 0.25) is 0 Å². The molecular formula is C9H17N3O4. The molecule has 0 saturated carbocycles. The van der Waals surface area contributed by atoms with Crippen LogP contribution < -0.4 is 16.0 Å². The van der Waals surface area contributed by atoms with Gasteiger partial charge in [-0.3, -0.25) is 9.59 Å². The summed E-state index contributed by atoms with van der Waals surface area (Å²) >= 11 is 0. The van der Waals surface area contributed by atoms with Crippen LogP contribution in [0.25, 0.3) is 0 Å². The van der Waals surface area contributed by atoms with Crippen LogP contribution in [0.4, 0.5) is 4.79 Å². The topological polar surface area (TPSA) is 108 Å². The minimum Gasteiger partial charge on any atom is -0.481 e. The Morgan fingerprint density at radius 3 is 2.19 bits per heavy atom. The average Bonchev–Trinajstić information content (AvgIpc) is 2.14. The van der Waals surface area contributed by atoms with E-state index in [4.69, 9.17) is 5.11 Å². The van der Waals surface area contributed by atoms with Crippen LogP contribution in [-0.4, -0.2) is 42.1 Å². The molecular weight excluding hydrogens is 214 g/mol. The number of hydrogen-bond acceptors (Lipinski definition) is 3. The molecule has 0 aliphatic carbocycles. The molecule has 7 nitrogen and oxygen atoms in total. The lowest BCUT2D eigenvalue weighted by atomic mass is 10.2. The Balaban J connectivity index is 3.98. The highest BCUT2D eigenvalue weighted by molar-refractivity contribution is 5.86. The molecule has 0 rings (SSSR count). The molecule has 0 aromatic heterocycles. The predicted octanol–water partition coefficient (Wildman–Crippen LogP) is -0.717. The van der Waals surface area contributed by atoms with Crippen molar-refractivity contribution in [3.8, 4) is 0 Å². The molecule has 0 aromatic rings. The largest absolute Gasteiger partial charge is 0.481 e. The summed E-state index contributed by atoms with van der Waals surface area (Å²) in [6.07, 6.45) is -0.165. The van der Waals surface area contributed by atoms with E-state index in [9.17, 15) is 14.4 Å². The van der Waals surface area contributed by atoms with Crippen molar-refractivity contribution in [2.45, 2.75) is 32.4 Å². The fourth-order valence-electron chi connectivity index (χ4n) is 1.06. The maximum Gasteiger partial charge on any atom is 0.315 e. The quantitative estimate of drug-likeness (QED) is 0.501. The Labute approximate surface area is 93.6 Å². The second-order valence-electron chi connectivity index (χ2n) is 3.45. The molecule has 0 aliphatic heterocycles. The van der Waals surface area contributed by atoms with Gasteiger partial charge >= 0.3 is 12.0 Å². The van der Waals surface area contributed by atoms with Gasteiger partial charge in [0.1, 0.15) is 6.04 Å². The molecule has 0 aliphatic rings. The lowest BCUT2D eigenvalue weighted by Gasteiger charge is -2.16. The standard InChI is InChI=1S/C9H17N3O4/c1-5(4-7(13)14)11-9(16)12-6(2)8(15)10-3/h5-6H,4H2,1-3H3,(H,10,15)(H,13,14)(H2,11,12,16). The van der Waals surface area contributed by atoms with Crippen LogP contribution in [0.5, 0.6) is 0 Å². The van der Waals surface area contributed by atoms with Crippen LogP contribution in [0, 0.1) is 0 Å². The van der Waals surface area contributed by atoms with Gasteiger partial charge in [-0.15, -0.1) is 0 Å². The van der Waals surface area contributed by atoms with E-state index >= 15 is 0 Å². The second kappa shape index (κ2) is 6.65. The van der Waals surface area contributed by atoms with Crippen LogP contribution in [0.15, 0.2) is 0 Å². The monoisotopic (exact) mass is 231 g/mol. The smallest absolute Gasteiger partial charge is 0.315 e. The zero-order valence-electron chi connectivity index (χ0n) is 9.53. The number of carboxylic acids is 1. The van der Waals surface area contributed by atoms with Crippen LogP contribution in [-0.2, 0) is 9.59 Å². The summed E-state index contributed by atoms with van der Waals surface area (Å²) in [6.45, 7) is 3.10. The number of carboxylic acid groups (broad SMARTS) is 1. The van der Waals surface area contributed by atoms with Crippen molar-refractivity contribution in [1.29, 1.82) is 0 Å². The van der Waals surface area contributed by atoms with Crippen molar-refractivity contribution < 1.29 is 19.5 Å². The average molecular weight is 231 g/mol. The van der Waals surface area contributed by atoms with Crippen LogP contribution >= 0.6 is 0 Å². The summed E-state index contributed by atoms with van der Waals surface area (Å²) in [5.74, 6) is -1.31. The third kappa shape index (κ3) is 5.84. The van der Waals surface area contributed by atoms with Crippen molar-refractivity contribution in [3.63, 3.8) is 0 Å². The lowest BCUT2D eigenvalue weighted by Crippen LogP contribution is -2.49. The van der Waals surface area contributed by atoms with Crippen molar-refractivity contribution in [2.75, 3.05) is 7.05 Å². The van der Waals surface area contributed by atoms with Gasteiger partial charge in [0.05, 0.1) is 6.42 Å². The van der Waals surface area contributed by atoms with Crippen molar-refractivity contribution in [3.05, 3.63) is 0 Å². The Morgan fingerprint density at radius 2 is 1.75 bits per heavy atom. The zero-order chi connectivity index (χ0) is 12.7. The molecule has 16 heavy (non-hydrogen) atoms. The van der Waals surface area contributed by atoms with Gasteiger partial charge in [0.2, 0.25) is 5.91 Å². The Kier molecular flexibility index (Phi) is 5.91. The third-order valence-electron chi connectivity index (χ3n) is 1.85. The van der Waals surface area contributed by atoms with Gasteiger partial charge in [0, 0.05) is 13.1 Å². The number of carbonyl (C=O) groups excluding carboxylic acids is 2. The van der Waals surface area contributed by atoms with E-state index in [0.717, 1.165) is 0 Å². The molecule has 7 heteroatoms. The molecule has 2 unspecified atom stereocenters. The molecule has 3 amide bonds. The SMILES string of the molecule is CNC(=O)C(C)NC(=O)NC(C)CC(=O)O. The number of carbonyl (C=O) groups is 3. The summed E-state index contributed by atoms with van der Waals surface area (Å²) < 4.78 is 0. The minimum atomic E-state index is -0.993. The van der Waals surface area contributed by atoms with Gasteiger partial charge < -0.3 is 21.1 Å². The van der Waals surface area contributed by atoms with Gasteiger partial charge in [0.15, 0.2) is 0 Å². The molecule has 0 spiro atoms. The normalized spacial score (nSPS) is 13.4. The van der Waals surface area contributed by atoms with Crippen molar-refractivity contribution in [1.82, 2.24) is 16.0 Å². The van der Waals surface area contributed by atoms with E-state index in [1.54, 1.807) is 6.92 Å². The van der Waals surface area contributed by atoms with E-state index in [1.807, 2.05) is 0 Å². The van der Waals surface area contributed by atoms with Gasteiger partial charge in [-0.2, -0.15) is 0 Å². The molecule has 0 heterocycles. The van der Waals surface area contributed by atoms with E-state index in [1.165, 1.54) is 14.0 Å². The van der Waals surface area contributed by atoms with Crippen LogP contribution in [0.1, 0.15) is 20.3 Å². The Morgan fingerprint density at radius 1 is 1.19 bits per heavy atom. The molecule has 0 radical (unpaired) electrons.